The molecule has 0 unspecified atom stereocenters. The van der Waals surface area contributed by atoms with Crippen LogP contribution in [0.3, 0.4) is 0 Å². The highest BCUT2D eigenvalue weighted by molar-refractivity contribution is 5.68. The van der Waals surface area contributed by atoms with Gasteiger partial charge in [0.25, 0.3) is 0 Å². The Labute approximate surface area is 124 Å². The lowest BCUT2D eigenvalue weighted by Crippen LogP contribution is -2.04. The van der Waals surface area contributed by atoms with Gasteiger partial charge < -0.3 is 25.3 Å². The van der Waals surface area contributed by atoms with Crippen molar-refractivity contribution in [1.29, 1.82) is 0 Å². The van der Waals surface area contributed by atoms with Crippen LogP contribution < -0.4 is 25.3 Å². The van der Waals surface area contributed by atoms with Gasteiger partial charge in [0.2, 0.25) is 0 Å². The molecule has 0 fully saturated rings. The quantitative estimate of drug-likeness (QED) is 0.800. The molecule has 0 bridgehead atoms. The van der Waals surface area contributed by atoms with Crippen molar-refractivity contribution >= 4 is 11.4 Å². The smallest absolute Gasteiger partial charge is 0.127 e. The predicted molar refractivity (Wildman–Crippen MR) is 84.3 cm³/mol. The van der Waals surface area contributed by atoms with Crippen molar-refractivity contribution in [3.8, 4) is 17.2 Å². The Morgan fingerprint density at radius 2 is 1.57 bits per heavy atom. The average molecular weight is 288 g/mol. The molecular weight excluding hydrogens is 268 g/mol. The lowest BCUT2D eigenvalue weighted by Gasteiger charge is -2.14. The van der Waals surface area contributed by atoms with Crippen molar-refractivity contribution in [3.05, 3.63) is 42.0 Å². The molecule has 2 aromatic carbocycles. The van der Waals surface area contributed by atoms with E-state index in [0.717, 1.165) is 28.5 Å². The van der Waals surface area contributed by atoms with Crippen molar-refractivity contribution < 1.29 is 14.2 Å². The second-order valence-corrected chi connectivity index (χ2v) is 4.48. The highest BCUT2D eigenvalue weighted by Crippen LogP contribution is 2.28. The molecule has 0 heterocycles. The van der Waals surface area contributed by atoms with E-state index < -0.39 is 0 Å². The van der Waals surface area contributed by atoms with Gasteiger partial charge in [-0.05, 0) is 24.3 Å². The maximum atomic E-state index is 5.96. The zero-order valence-corrected chi connectivity index (χ0v) is 12.5. The molecule has 5 nitrogen and oxygen atoms in total. The molecule has 2 aromatic rings. The zero-order chi connectivity index (χ0) is 15.2. The van der Waals surface area contributed by atoms with E-state index in [4.69, 9.17) is 19.9 Å². The molecule has 0 atom stereocenters. The number of nitrogens with two attached hydrogens (primary N) is 1. The fraction of sp³-hybridized carbons (Fsp3) is 0.250. The van der Waals surface area contributed by atoms with Gasteiger partial charge in [0.05, 0.1) is 32.7 Å². The van der Waals surface area contributed by atoms with Crippen LogP contribution in [-0.4, -0.2) is 21.3 Å². The summed E-state index contributed by atoms with van der Waals surface area (Å²) in [5, 5.41) is 3.29. The molecule has 0 aromatic heterocycles. The Morgan fingerprint density at radius 3 is 2.24 bits per heavy atom. The molecule has 0 aliphatic heterocycles. The topological polar surface area (TPSA) is 65.7 Å². The van der Waals surface area contributed by atoms with Gasteiger partial charge in [-0.15, -0.1) is 0 Å². The van der Waals surface area contributed by atoms with E-state index in [-0.39, 0.29) is 0 Å². The minimum absolute atomic E-state index is 0.588. The van der Waals surface area contributed by atoms with Crippen LogP contribution in [0.5, 0.6) is 17.2 Å². The SMILES string of the molecule is COc1ccc(N)c(NCc2ccc(OC)cc2OC)c1. The van der Waals surface area contributed by atoms with Crippen molar-refractivity contribution in [2.45, 2.75) is 6.54 Å². The number of hydrogen-bond acceptors (Lipinski definition) is 5. The Balaban J connectivity index is 2.16. The first kappa shape index (κ1) is 14.8. The van der Waals surface area contributed by atoms with Crippen LogP contribution >= 0.6 is 0 Å². The standard InChI is InChI=1S/C16H20N2O3/c1-19-12-6-7-14(17)15(8-12)18-10-11-4-5-13(20-2)9-16(11)21-3/h4-9,18H,10,17H2,1-3H3. The summed E-state index contributed by atoms with van der Waals surface area (Å²) in [5.74, 6) is 2.29. The van der Waals surface area contributed by atoms with E-state index in [0.29, 0.717) is 12.2 Å². The second kappa shape index (κ2) is 6.74. The van der Waals surface area contributed by atoms with E-state index in [9.17, 15) is 0 Å². The lowest BCUT2D eigenvalue weighted by molar-refractivity contribution is 0.391. The molecule has 3 N–H and O–H groups in total. The monoisotopic (exact) mass is 288 g/mol. The van der Waals surface area contributed by atoms with Crippen LogP contribution in [-0.2, 0) is 6.54 Å². The second-order valence-electron chi connectivity index (χ2n) is 4.48. The van der Waals surface area contributed by atoms with Crippen molar-refractivity contribution in [3.63, 3.8) is 0 Å². The van der Waals surface area contributed by atoms with Gasteiger partial charge in [0.1, 0.15) is 17.2 Å². The first-order valence-electron chi connectivity index (χ1n) is 6.56. The summed E-state index contributed by atoms with van der Waals surface area (Å²) in [4.78, 5) is 0. The minimum atomic E-state index is 0.588. The van der Waals surface area contributed by atoms with Gasteiger partial charge in [-0.1, -0.05) is 0 Å². The third-order valence-corrected chi connectivity index (χ3v) is 3.22. The van der Waals surface area contributed by atoms with Crippen LogP contribution in [0, 0.1) is 0 Å². The highest BCUT2D eigenvalue weighted by Gasteiger charge is 2.07. The number of nitrogen functional groups attached to an aromatic ring is 1. The van der Waals surface area contributed by atoms with Crippen LogP contribution in [0.4, 0.5) is 11.4 Å². The Bertz CT molecular complexity index is 614. The maximum absolute atomic E-state index is 5.96. The first-order chi connectivity index (χ1) is 10.2. The summed E-state index contributed by atoms with van der Waals surface area (Å²) < 4.78 is 15.8. The minimum Gasteiger partial charge on any atom is -0.497 e. The molecule has 2 rings (SSSR count). The first-order valence-corrected chi connectivity index (χ1v) is 6.56. The van der Waals surface area contributed by atoms with Gasteiger partial charge in [-0.25, -0.2) is 0 Å². The summed E-state index contributed by atoms with van der Waals surface area (Å²) in [5.41, 5.74) is 8.47. The van der Waals surface area contributed by atoms with Crippen LogP contribution in [0.2, 0.25) is 0 Å². The van der Waals surface area contributed by atoms with Crippen LogP contribution in [0.15, 0.2) is 36.4 Å². The van der Waals surface area contributed by atoms with E-state index >= 15 is 0 Å². The van der Waals surface area contributed by atoms with Gasteiger partial charge in [0, 0.05) is 24.2 Å². The number of ether oxygens (including phenoxy) is 3. The molecular formula is C16H20N2O3. The third kappa shape index (κ3) is 3.51. The summed E-state index contributed by atoms with van der Waals surface area (Å²) in [7, 11) is 4.89. The van der Waals surface area contributed by atoms with Crippen LogP contribution in [0.1, 0.15) is 5.56 Å². The molecule has 5 heteroatoms. The molecule has 0 aliphatic rings. The number of benzene rings is 2. The van der Waals surface area contributed by atoms with Gasteiger partial charge in [-0.2, -0.15) is 0 Å². The predicted octanol–water partition coefficient (Wildman–Crippen LogP) is 2.91. The summed E-state index contributed by atoms with van der Waals surface area (Å²) in [6.07, 6.45) is 0. The van der Waals surface area contributed by atoms with E-state index in [1.165, 1.54) is 0 Å². The summed E-state index contributed by atoms with van der Waals surface area (Å²) in [6, 6.07) is 11.2. The number of hydrogen-bond donors (Lipinski definition) is 2. The highest BCUT2D eigenvalue weighted by atomic mass is 16.5. The van der Waals surface area contributed by atoms with Crippen molar-refractivity contribution in [2.24, 2.45) is 0 Å². The molecule has 0 spiro atoms. The Kier molecular flexibility index (Phi) is 4.77. The fourth-order valence-electron chi connectivity index (χ4n) is 2.00. The molecule has 112 valence electrons. The fourth-order valence-corrected chi connectivity index (χ4v) is 2.00. The molecule has 0 saturated heterocycles. The largest absolute Gasteiger partial charge is 0.497 e. The van der Waals surface area contributed by atoms with Crippen LogP contribution in [0.25, 0.3) is 0 Å². The third-order valence-electron chi connectivity index (χ3n) is 3.22. The Hall–Kier alpha value is -2.56. The lowest BCUT2D eigenvalue weighted by atomic mass is 10.1. The summed E-state index contributed by atoms with van der Waals surface area (Å²) >= 11 is 0. The van der Waals surface area contributed by atoms with Crippen molar-refractivity contribution in [1.82, 2.24) is 0 Å². The zero-order valence-electron chi connectivity index (χ0n) is 12.5. The number of rotatable bonds is 6. The molecule has 0 aliphatic carbocycles. The van der Waals surface area contributed by atoms with E-state index in [2.05, 4.69) is 5.32 Å². The van der Waals surface area contributed by atoms with E-state index in [1.54, 1.807) is 21.3 Å². The Morgan fingerprint density at radius 1 is 0.905 bits per heavy atom. The average Bonchev–Trinajstić information content (AvgIpc) is 2.54. The van der Waals surface area contributed by atoms with Gasteiger partial charge in [0.15, 0.2) is 0 Å². The molecule has 0 radical (unpaired) electrons. The maximum Gasteiger partial charge on any atom is 0.127 e. The normalized spacial score (nSPS) is 10.0. The molecule has 0 saturated carbocycles. The van der Waals surface area contributed by atoms with Gasteiger partial charge >= 0.3 is 0 Å². The molecule has 0 amide bonds. The number of nitrogens with one attached hydrogen (secondary N) is 1. The van der Waals surface area contributed by atoms with Crippen molar-refractivity contribution in [2.75, 3.05) is 32.4 Å². The van der Waals surface area contributed by atoms with Gasteiger partial charge in [-0.3, -0.25) is 0 Å². The van der Waals surface area contributed by atoms with E-state index in [1.807, 2.05) is 36.4 Å². The molecule has 21 heavy (non-hydrogen) atoms. The number of anilines is 2. The summed E-state index contributed by atoms with van der Waals surface area (Å²) in [6.45, 7) is 0.588. The number of methoxy groups -OCH3 is 3.